The van der Waals surface area contributed by atoms with E-state index in [0.29, 0.717) is 17.8 Å². The van der Waals surface area contributed by atoms with Crippen molar-refractivity contribution >= 4 is 12.3 Å². The van der Waals surface area contributed by atoms with E-state index >= 15 is 0 Å². The second-order valence-electron chi connectivity index (χ2n) is 14.0. The third kappa shape index (κ3) is 2.84. The molecule has 0 aromatic rings. The van der Waals surface area contributed by atoms with E-state index in [9.17, 15) is 14.7 Å². The molecule has 0 aliphatic heterocycles. The molecule has 0 heterocycles. The smallest absolute Gasteiger partial charge is 0.312 e. The molecule has 1 N–H and O–H groups in total. The zero-order chi connectivity index (χ0) is 25.6. The van der Waals surface area contributed by atoms with E-state index < -0.39 is 5.41 Å². The van der Waals surface area contributed by atoms with Crippen molar-refractivity contribution in [3.63, 3.8) is 0 Å². The van der Waals surface area contributed by atoms with E-state index in [1.807, 2.05) is 0 Å². The number of esters is 1. The number of aliphatic hydroxyl groups is 1. The molecule has 0 radical (unpaired) electrons. The van der Waals surface area contributed by atoms with Gasteiger partial charge in [-0.25, -0.2) is 0 Å². The van der Waals surface area contributed by atoms with Crippen molar-refractivity contribution in [3.05, 3.63) is 23.3 Å². The average molecular weight is 483 g/mol. The predicted octanol–water partition coefficient (Wildman–Crippen LogP) is 6.13. The number of rotatable bonds is 3. The van der Waals surface area contributed by atoms with Gasteiger partial charge in [0.05, 0.1) is 19.1 Å². The maximum Gasteiger partial charge on any atom is 0.312 e. The van der Waals surface area contributed by atoms with Gasteiger partial charge in [-0.3, -0.25) is 9.59 Å². The Labute approximate surface area is 212 Å². The molecule has 5 rings (SSSR count). The van der Waals surface area contributed by atoms with E-state index in [4.69, 9.17) is 4.74 Å². The van der Waals surface area contributed by atoms with Gasteiger partial charge in [0.2, 0.25) is 0 Å². The molecule has 0 amide bonds. The molecule has 0 aromatic carbocycles. The lowest BCUT2D eigenvalue weighted by Crippen LogP contribution is -2.63. The van der Waals surface area contributed by atoms with Gasteiger partial charge < -0.3 is 9.84 Å². The van der Waals surface area contributed by atoms with Crippen LogP contribution in [0.4, 0.5) is 0 Å². The number of allylic oxidation sites excluding steroid dienone is 3. The van der Waals surface area contributed by atoms with Crippen LogP contribution in [0.5, 0.6) is 0 Å². The Morgan fingerprint density at radius 3 is 2.43 bits per heavy atom. The van der Waals surface area contributed by atoms with Crippen LogP contribution < -0.4 is 0 Å². The Hall–Kier alpha value is -1.42. The Morgan fingerprint density at radius 1 is 1.09 bits per heavy atom. The molecule has 35 heavy (non-hydrogen) atoms. The van der Waals surface area contributed by atoms with Crippen molar-refractivity contribution < 1.29 is 19.4 Å². The van der Waals surface area contributed by atoms with Crippen molar-refractivity contribution in [1.82, 2.24) is 0 Å². The van der Waals surface area contributed by atoms with Gasteiger partial charge in [0.15, 0.2) is 0 Å². The van der Waals surface area contributed by atoms with Crippen LogP contribution in [0.15, 0.2) is 23.3 Å². The summed E-state index contributed by atoms with van der Waals surface area (Å²) in [7, 11) is 1.56. The molecule has 4 heteroatoms. The first kappa shape index (κ1) is 25.2. The maximum absolute atomic E-state index is 13.4. The van der Waals surface area contributed by atoms with E-state index in [1.54, 1.807) is 7.11 Å². The summed E-state index contributed by atoms with van der Waals surface area (Å²) < 4.78 is 5.48. The lowest BCUT2D eigenvalue weighted by molar-refractivity contribution is -0.177. The molecule has 5 unspecified atom stereocenters. The van der Waals surface area contributed by atoms with Crippen LogP contribution >= 0.6 is 0 Å². The molecule has 194 valence electrons. The van der Waals surface area contributed by atoms with Crippen molar-refractivity contribution in [2.75, 3.05) is 13.7 Å². The molecule has 3 saturated carbocycles. The van der Waals surface area contributed by atoms with Crippen molar-refractivity contribution in [1.29, 1.82) is 0 Å². The number of aliphatic hydroxyl groups excluding tert-OH is 1. The van der Waals surface area contributed by atoms with Gasteiger partial charge in [-0.05, 0) is 90.9 Å². The number of aldehydes is 1. The molecule has 3 fully saturated rings. The van der Waals surface area contributed by atoms with Crippen LogP contribution in [0.2, 0.25) is 0 Å². The predicted molar refractivity (Wildman–Crippen MR) is 137 cm³/mol. The third-order valence-corrected chi connectivity index (χ3v) is 13.1. The molecular formula is C31H46O4. The molecule has 5 aliphatic rings. The fourth-order valence-corrected chi connectivity index (χ4v) is 10.6. The number of hydrogen-bond acceptors (Lipinski definition) is 4. The first-order valence-corrected chi connectivity index (χ1v) is 14.0. The largest absolute Gasteiger partial charge is 0.469 e. The summed E-state index contributed by atoms with van der Waals surface area (Å²) in [6.07, 6.45) is 12.7. The molecule has 5 aliphatic carbocycles. The Bertz CT molecular complexity index is 996. The molecule has 0 saturated heterocycles. The zero-order valence-electron chi connectivity index (χ0n) is 22.9. The molecule has 0 bridgehead atoms. The average Bonchev–Trinajstić information content (AvgIpc) is 3.08. The summed E-state index contributed by atoms with van der Waals surface area (Å²) in [4.78, 5) is 25.8. The summed E-state index contributed by atoms with van der Waals surface area (Å²) in [5.41, 5.74) is 1.46. The number of carbonyl (C=O) groups excluding carboxylic acids is 2. The first-order valence-electron chi connectivity index (χ1n) is 14.0. The number of methoxy groups -OCH3 is 1. The second-order valence-corrected chi connectivity index (χ2v) is 14.0. The Kier molecular flexibility index (Phi) is 5.62. The normalized spacial score (nSPS) is 52.7. The van der Waals surface area contributed by atoms with Crippen LogP contribution in [0, 0.1) is 56.7 Å². The minimum absolute atomic E-state index is 0.00664. The minimum atomic E-state index is -0.396. The van der Waals surface area contributed by atoms with Crippen LogP contribution in [0.3, 0.4) is 0 Å². The highest BCUT2D eigenvalue weighted by atomic mass is 16.5. The maximum atomic E-state index is 13.4. The quantitative estimate of drug-likeness (QED) is 0.298. The number of carbonyl (C=O) groups is 2. The number of fused-ring (bicyclic) bond motifs is 7. The summed E-state index contributed by atoms with van der Waals surface area (Å²) >= 11 is 0. The topological polar surface area (TPSA) is 63.6 Å². The number of hydrogen-bond donors (Lipinski definition) is 1. The Morgan fingerprint density at radius 2 is 1.80 bits per heavy atom. The van der Waals surface area contributed by atoms with Crippen LogP contribution in [0.25, 0.3) is 0 Å². The molecule has 10 atom stereocenters. The Balaban J connectivity index is 1.65. The van der Waals surface area contributed by atoms with Crippen molar-refractivity contribution in [2.45, 2.75) is 86.5 Å². The van der Waals surface area contributed by atoms with Gasteiger partial charge in [-0.1, -0.05) is 59.3 Å². The monoisotopic (exact) mass is 482 g/mol. The summed E-state index contributed by atoms with van der Waals surface area (Å²) in [6, 6.07) is 0. The highest BCUT2D eigenvalue weighted by Gasteiger charge is 2.70. The standard InChI is InChI=1S/C31H46O4/c1-19-10-13-31(26(34)35-7)15-14-28(4)22(25(31)20(19)2)8-9-24-29(28,5)12-11-23-27(3,18-33)16-21(17-32)30(23,24)6/h8,16-17,19-20,23-25,33H,9-15,18H2,1-7H3/t19-,20+,23?,24?,25?,27?,28-,29-,30+,31?/m1/s1. The summed E-state index contributed by atoms with van der Waals surface area (Å²) in [5, 5.41) is 10.4. The van der Waals surface area contributed by atoms with Crippen LogP contribution in [-0.2, 0) is 14.3 Å². The van der Waals surface area contributed by atoms with Gasteiger partial charge in [0.1, 0.15) is 6.29 Å². The van der Waals surface area contributed by atoms with Gasteiger partial charge in [0, 0.05) is 10.8 Å². The molecular weight excluding hydrogens is 436 g/mol. The highest BCUT2D eigenvalue weighted by Crippen LogP contribution is 2.76. The lowest BCUT2D eigenvalue weighted by Gasteiger charge is -2.69. The fourth-order valence-electron chi connectivity index (χ4n) is 10.6. The van der Waals surface area contributed by atoms with Crippen molar-refractivity contribution in [2.24, 2.45) is 56.7 Å². The zero-order valence-corrected chi connectivity index (χ0v) is 22.9. The summed E-state index contributed by atoms with van der Waals surface area (Å²) in [6.45, 7) is 14.2. The third-order valence-electron chi connectivity index (χ3n) is 13.1. The van der Waals surface area contributed by atoms with E-state index in [-0.39, 0.29) is 46.1 Å². The second kappa shape index (κ2) is 7.79. The van der Waals surface area contributed by atoms with Crippen LogP contribution in [-0.4, -0.2) is 31.1 Å². The minimum Gasteiger partial charge on any atom is -0.469 e. The molecule has 4 nitrogen and oxygen atoms in total. The van der Waals surface area contributed by atoms with Gasteiger partial charge in [-0.15, -0.1) is 0 Å². The SMILES string of the molecule is COC(=O)C12CC[C@@H](C)[C@H](C)C1C1=CCC3[C@@]4(C)C(C=O)=CC(C)(CO)C4CC[C@@]3(C)[C@]1(C)CC2. The van der Waals surface area contributed by atoms with Crippen LogP contribution in [0.1, 0.15) is 86.5 Å². The van der Waals surface area contributed by atoms with Crippen molar-refractivity contribution in [3.8, 4) is 0 Å². The van der Waals surface area contributed by atoms with E-state index in [2.05, 4.69) is 53.7 Å². The van der Waals surface area contributed by atoms with E-state index in [1.165, 1.54) is 5.57 Å². The van der Waals surface area contributed by atoms with E-state index in [0.717, 1.165) is 56.8 Å². The molecule has 0 aromatic heterocycles. The lowest BCUT2D eigenvalue weighted by atomic mass is 9.35. The molecule has 0 spiro atoms. The number of ether oxygens (including phenoxy) is 1. The fraction of sp³-hybridized carbons (Fsp3) is 0.806. The first-order chi connectivity index (χ1) is 16.4. The van der Waals surface area contributed by atoms with Gasteiger partial charge in [0.25, 0.3) is 0 Å². The highest BCUT2D eigenvalue weighted by molar-refractivity contribution is 5.79. The van der Waals surface area contributed by atoms with Gasteiger partial charge >= 0.3 is 5.97 Å². The van der Waals surface area contributed by atoms with Gasteiger partial charge in [-0.2, -0.15) is 0 Å². The summed E-state index contributed by atoms with van der Waals surface area (Å²) in [5.74, 6) is 1.87.